The largest absolute Gasteiger partial charge is 0.493 e. The number of nitrogens with one attached hydrogen (secondary N) is 1. The second-order valence-corrected chi connectivity index (χ2v) is 6.42. The summed E-state index contributed by atoms with van der Waals surface area (Å²) in [6, 6.07) is 13.6. The van der Waals surface area contributed by atoms with Gasteiger partial charge in [-0.25, -0.2) is 4.98 Å². The van der Waals surface area contributed by atoms with Crippen LogP contribution in [0.15, 0.2) is 55.1 Å². The summed E-state index contributed by atoms with van der Waals surface area (Å²) in [4.78, 5) is 16.7. The van der Waals surface area contributed by atoms with Gasteiger partial charge in [-0.3, -0.25) is 4.79 Å². The first-order valence-electron chi connectivity index (χ1n) is 9.21. The Bertz CT molecular complexity index is 978. The standard InChI is InChI=1S/C22H25N3O3/c1-4-7-17-10-11-20(21(14-17)27-3)28-15-22(26)23-12-13-25-16(2)24-18-8-5-6-9-19(18)25/h4-6,8-11,14H,1,7,12-13,15H2,2-3H3,(H,23,26). The highest BCUT2D eigenvalue weighted by Crippen LogP contribution is 2.28. The third-order valence-electron chi connectivity index (χ3n) is 4.47. The monoisotopic (exact) mass is 379 g/mol. The Labute approximate surface area is 164 Å². The molecule has 0 aliphatic heterocycles. The van der Waals surface area contributed by atoms with E-state index in [0.29, 0.717) is 24.6 Å². The average Bonchev–Trinajstić information content (AvgIpc) is 3.02. The van der Waals surface area contributed by atoms with E-state index in [9.17, 15) is 4.79 Å². The molecule has 0 fully saturated rings. The Morgan fingerprint density at radius 3 is 2.86 bits per heavy atom. The van der Waals surface area contributed by atoms with Crippen LogP contribution < -0.4 is 14.8 Å². The molecule has 1 N–H and O–H groups in total. The van der Waals surface area contributed by atoms with Gasteiger partial charge in [-0.05, 0) is 43.2 Å². The van der Waals surface area contributed by atoms with Gasteiger partial charge in [0.2, 0.25) is 0 Å². The van der Waals surface area contributed by atoms with E-state index in [1.807, 2.05) is 55.5 Å². The number of fused-ring (bicyclic) bond motifs is 1. The van der Waals surface area contributed by atoms with Crippen molar-refractivity contribution in [2.45, 2.75) is 19.9 Å². The third-order valence-corrected chi connectivity index (χ3v) is 4.47. The van der Waals surface area contributed by atoms with Crippen molar-refractivity contribution in [2.75, 3.05) is 20.3 Å². The average molecular weight is 379 g/mol. The number of ether oxygens (including phenoxy) is 2. The molecule has 0 radical (unpaired) electrons. The highest BCUT2D eigenvalue weighted by Gasteiger charge is 2.10. The molecule has 0 spiro atoms. The van der Waals surface area contributed by atoms with Crippen molar-refractivity contribution in [1.82, 2.24) is 14.9 Å². The van der Waals surface area contributed by atoms with Gasteiger partial charge in [0.05, 0.1) is 18.1 Å². The van der Waals surface area contributed by atoms with Gasteiger partial charge >= 0.3 is 0 Å². The normalized spacial score (nSPS) is 10.6. The van der Waals surface area contributed by atoms with Crippen molar-refractivity contribution in [3.05, 3.63) is 66.5 Å². The molecule has 0 atom stereocenters. The van der Waals surface area contributed by atoms with Gasteiger partial charge < -0.3 is 19.4 Å². The number of aromatic nitrogens is 2. The molecule has 0 aliphatic carbocycles. The number of amides is 1. The predicted octanol–water partition coefficient (Wildman–Crippen LogP) is 3.28. The van der Waals surface area contributed by atoms with Gasteiger partial charge in [0, 0.05) is 13.1 Å². The van der Waals surface area contributed by atoms with E-state index >= 15 is 0 Å². The van der Waals surface area contributed by atoms with Gasteiger partial charge in [-0.15, -0.1) is 6.58 Å². The van der Waals surface area contributed by atoms with Crippen LogP contribution in [0, 0.1) is 6.92 Å². The molecule has 6 heteroatoms. The van der Waals surface area contributed by atoms with Crippen molar-refractivity contribution in [1.29, 1.82) is 0 Å². The van der Waals surface area contributed by atoms with Gasteiger partial charge in [-0.1, -0.05) is 24.3 Å². The molecule has 28 heavy (non-hydrogen) atoms. The minimum Gasteiger partial charge on any atom is -0.493 e. The lowest BCUT2D eigenvalue weighted by atomic mass is 10.1. The molecule has 0 saturated carbocycles. The summed E-state index contributed by atoms with van der Waals surface area (Å²) in [7, 11) is 1.58. The van der Waals surface area contributed by atoms with Crippen LogP contribution in [0.25, 0.3) is 11.0 Å². The number of imidazole rings is 1. The van der Waals surface area contributed by atoms with Crippen LogP contribution in [-0.2, 0) is 17.8 Å². The Hall–Kier alpha value is -3.28. The maximum Gasteiger partial charge on any atom is 0.258 e. The van der Waals surface area contributed by atoms with Crippen LogP contribution in [0.3, 0.4) is 0 Å². The molecule has 2 aromatic carbocycles. The third kappa shape index (κ3) is 4.52. The number of nitrogens with zero attached hydrogens (tertiary/aromatic N) is 2. The lowest BCUT2D eigenvalue weighted by Gasteiger charge is -2.12. The SMILES string of the molecule is C=CCc1ccc(OCC(=O)NCCn2c(C)nc3ccccc32)c(OC)c1. The number of hydrogen-bond donors (Lipinski definition) is 1. The van der Waals surface area contributed by atoms with Gasteiger partial charge in [0.25, 0.3) is 5.91 Å². The molecule has 1 aromatic heterocycles. The summed E-state index contributed by atoms with van der Waals surface area (Å²) in [6.45, 7) is 6.78. The summed E-state index contributed by atoms with van der Waals surface area (Å²) >= 11 is 0. The van der Waals surface area contributed by atoms with Crippen LogP contribution in [0.1, 0.15) is 11.4 Å². The molecule has 146 valence electrons. The zero-order valence-electron chi connectivity index (χ0n) is 16.3. The Morgan fingerprint density at radius 2 is 2.07 bits per heavy atom. The minimum atomic E-state index is -0.181. The fraction of sp³-hybridized carbons (Fsp3) is 0.273. The summed E-state index contributed by atoms with van der Waals surface area (Å²) in [6.07, 6.45) is 2.58. The maximum atomic E-state index is 12.1. The van der Waals surface area contributed by atoms with E-state index in [0.717, 1.165) is 28.8 Å². The summed E-state index contributed by atoms with van der Waals surface area (Å²) in [5.41, 5.74) is 3.10. The smallest absolute Gasteiger partial charge is 0.258 e. The van der Waals surface area contributed by atoms with E-state index in [-0.39, 0.29) is 12.5 Å². The molecule has 1 heterocycles. The fourth-order valence-corrected chi connectivity index (χ4v) is 3.10. The summed E-state index contributed by atoms with van der Waals surface area (Å²) in [5, 5.41) is 2.89. The second-order valence-electron chi connectivity index (χ2n) is 6.42. The van der Waals surface area contributed by atoms with Crippen LogP contribution in [0.2, 0.25) is 0 Å². The van der Waals surface area contributed by atoms with Crippen LogP contribution in [0.5, 0.6) is 11.5 Å². The van der Waals surface area contributed by atoms with Crippen LogP contribution >= 0.6 is 0 Å². The molecular formula is C22H25N3O3. The lowest BCUT2D eigenvalue weighted by molar-refractivity contribution is -0.123. The molecule has 1 amide bonds. The molecule has 0 aliphatic rings. The number of allylic oxidation sites excluding steroid dienone is 1. The van der Waals surface area contributed by atoms with E-state index in [4.69, 9.17) is 9.47 Å². The van der Waals surface area contributed by atoms with E-state index < -0.39 is 0 Å². The molecule has 3 aromatic rings. The zero-order valence-corrected chi connectivity index (χ0v) is 16.3. The first-order valence-corrected chi connectivity index (χ1v) is 9.21. The summed E-state index contributed by atoms with van der Waals surface area (Å²) < 4.78 is 13.1. The first kappa shape index (κ1) is 19.5. The quantitative estimate of drug-likeness (QED) is 0.580. The Kier molecular flexibility index (Phi) is 6.32. The highest BCUT2D eigenvalue weighted by atomic mass is 16.5. The maximum absolute atomic E-state index is 12.1. The Balaban J connectivity index is 1.52. The van der Waals surface area contributed by atoms with E-state index in [2.05, 4.69) is 21.4 Å². The summed E-state index contributed by atoms with van der Waals surface area (Å²) in [5.74, 6) is 1.89. The molecule has 6 nitrogen and oxygen atoms in total. The number of methoxy groups -OCH3 is 1. The second kappa shape index (κ2) is 9.08. The topological polar surface area (TPSA) is 65.4 Å². The molecule has 3 rings (SSSR count). The number of rotatable bonds is 9. The fourth-order valence-electron chi connectivity index (χ4n) is 3.10. The molecular weight excluding hydrogens is 354 g/mol. The zero-order chi connectivity index (χ0) is 19.9. The number of para-hydroxylation sites is 2. The molecule has 0 saturated heterocycles. The Morgan fingerprint density at radius 1 is 1.25 bits per heavy atom. The predicted molar refractivity (Wildman–Crippen MR) is 110 cm³/mol. The first-order chi connectivity index (χ1) is 13.6. The van der Waals surface area contributed by atoms with E-state index in [1.54, 1.807) is 7.11 Å². The number of hydrogen-bond acceptors (Lipinski definition) is 4. The van der Waals surface area contributed by atoms with Crippen LogP contribution in [-0.4, -0.2) is 35.7 Å². The van der Waals surface area contributed by atoms with Crippen molar-refractivity contribution < 1.29 is 14.3 Å². The lowest BCUT2D eigenvalue weighted by Crippen LogP contribution is -2.31. The van der Waals surface area contributed by atoms with Gasteiger partial charge in [0.1, 0.15) is 5.82 Å². The van der Waals surface area contributed by atoms with Crippen molar-refractivity contribution in [2.24, 2.45) is 0 Å². The van der Waals surface area contributed by atoms with Crippen molar-refractivity contribution in [3.63, 3.8) is 0 Å². The minimum absolute atomic E-state index is 0.0686. The molecule has 0 unspecified atom stereocenters. The van der Waals surface area contributed by atoms with E-state index in [1.165, 1.54) is 0 Å². The van der Waals surface area contributed by atoms with Crippen LogP contribution in [0.4, 0.5) is 0 Å². The number of aryl methyl sites for hydroxylation is 1. The van der Waals surface area contributed by atoms with Gasteiger partial charge in [0.15, 0.2) is 18.1 Å². The molecule has 0 bridgehead atoms. The number of carbonyl (C=O) groups is 1. The number of carbonyl (C=O) groups excluding carboxylic acids is 1. The van der Waals surface area contributed by atoms with Crippen molar-refractivity contribution in [3.8, 4) is 11.5 Å². The highest BCUT2D eigenvalue weighted by molar-refractivity contribution is 5.78. The van der Waals surface area contributed by atoms with Gasteiger partial charge in [-0.2, -0.15) is 0 Å². The van der Waals surface area contributed by atoms with Crippen molar-refractivity contribution >= 4 is 16.9 Å². The number of benzene rings is 2.